The molecule has 3 heterocycles. The van der Waals surface area contributed by atoms with Crippen LogP contribution < -0.4 is 22.1 Å². The van der Waals surface area contributed by atoms with Gasteiger partial charge in [0.1, 0.15) is 0 Å². The van der Waals surface area contributed by atoms with Gasteiger partial charge in [-0.25, -0.2) is 0 Å². The summed E-state index contributed by atoms with van der Waals surface area (Å²) >= 11 is 0. The molecule has 10 heteroatoms. The molecule has 3 aromatic rings. The first-order chi connectivity index (χ1) is 21.9. The van der Waals surface area contributed by atoms with Crippen LogP contribution in [0.1, 0.15) is 114 Å². The van der Waals surface area contributed by atoms with Gasteiger partial charge in [0.2, 0.25) is 0 Å². The molecule has 0 spiro atoms. The van der Waals surface area contributed by atoms with Crippen LogP contribution in [0.3, 0.4) is 0 Å². The Balaban J connectivity index is 0.000000108. The van der Waals surface area contributed by atoms with Gasteiger partial charge >= 0.3 is 21.4 Å². The zero-order valence-corrected chi connectivity index (χ0v) is 26.6. The SMILES string of the molecule is CCC1OB(O)c2c1ccc1c2CCC1.CCC1OB(O)c2cc3c(cc21)CCC3.NCC1OB(O)c2ccc3c(c21)CCC3. The summed E-state index contributed by atoms with van der Waals surface area (Å²) in [7, 11) is -2.16. The first-order valence-electron chi connectivity index (χ1n) is 17.1. The van der Waals surface area contributed by atoms with Gasteiger partial charge in [-0.1, -0.05) is 50.2 Å². The highest BCUT2D eigenvalue weighted by molar-refractivity contribution is 6.63. The van der Waals surface area contributed by atoms with E-state index >= 15 is 0 Å². The van der Waals surface area contributed by atoms with E-state index < -0.39 is 21.4 Å². The standard InChI is InChI=1S/2C12H15BO2.C11H14BNO2/c1-2-12-10-6-8-4-3-5-9(8)7-11(10)13(14)15-12;1-2-11-10-7-6-8-4-3-5-9(8)12(10)13(14)15-11;13-6-10-11-8-3-1-2-7(8)4-5-9(11)12(14)15-10/h6-7,12,14H,2-5H2,1H3;6-7,11,14H,2-5H2,1H3;4-5,10,14H,1-3,6,13H2. The first-order valence-corrected chi connectivity index (χ1v) is 17.1. The molecule has 0 fully saturated rings. The smallest absolute Gasteiger partial charge is 0.423 e. The molecule has 3 aliphatic heterocycles. The van der Waals surface area contributed by atoms with Crippen molar-refractivity contribution in [2.45, 2.75) is 103 Å². The molecule has 3 unspecified atom stereocenters. The maximum Gasteiger partial charge on any atom is 0.492 e. The van der Waals surface area contributed by atoms with Crippen LogP contribution >= 0.6 is 0 Å². The molecule has 7 nitrogen and oxygen atoms in total. The second kappa shape index (κ2) is 13.0. The molecule has 0 radical (unpaired) electrons. The zero-order chi connectivity index (χ0) is 31.2. The van der Waals surface area contributed by atoms with Crippen LogP contribution in [0.4, 0.5) is 0 Å². The van der Waals surface area contributed by atoms with Crippen molar-refractivity contribution >= 4 is 37.7 Å². The van der Waals surface area contributed by atoms with Crippen LogP contribution in [0.25, 0.3) is 0 Å². The third-order valence-electron chi connectivity index (χ3n) is 10.6. The van der Waals surface area contributed by atoms with Crippen molar-refractivity contribution in [2.24, 2.45) is 5.73 Å². The van der Waals surface area contributed by atoms with Gasteiger partial charge in [0.05, 0.1) is 18.3 Å². The van der Waals surface area contributed by atoms with Gasteiger partial charge in [-0.05, 0) is 137 Å². The molecule has 3 aliphatic carbocycles. The van der Waals surface area contributed by atoms with Gasteiger partial charge in [-0.3, -0.25) is 0 Å². The number of nitrogens with two attached hydrogens (primary N) is 1. The van der Waals surface area contributed by atoms with E-state index in [0.29, 0.717) is 6.54 Å². The van der Waals surface area contributed by atoms with Gasteiger partial charge in [-0.15, -0.1) is 0 Å². The molecule has 0 saturated heterocycles. The second-order valence-electron chi connectivity index (χ2n) is 13.2. The summed E-state index contributed by atoms with van der Waals surface area (Å²) in [6.07, 6.45) is 12.5. The molecule has 3 aromatic carbocycles. The summed E-state index contributed by atoms with van der Waals surface area (Å²) in [4.78, 5) is 0. The van der Waals surface area contributed by atoms with E-state index in [9.17, 15) is 15.1 Å². The van der Waals surface area contributed by atoms with E-state index in [-0.39, 0.29) is 18.3 Å². The molecule has 0 saturated carbocycles. The van der Waals surface area contributed by atoms with Crippen molar-refractivity contribution in [3.05, 3.63) is 86.5 Å². The number of rotatable bonds is 3. The average molecular weight is 607 g/mol. The topological polar surface area (TPSA) is 114 Å². The maximum absolute atomic E-state index is 9.92. The summed E-state index contributed by atoms with van der Waals surface area (Å²) in [5.41, 5.74) is 20.7. The lowest BCUT2D eigenvalue weighted by molar-refractivity contribution is 0.186. The van der Waals surface area contributed by atoms with E-state index in [2.05, 4.69) is 44.2 Å². The Morgan fingerprint density at radius 1 is 0.622 bits per heavy atom. The molecule has 5 N–H and O–H groups in total. The quantitative estimate of drug-likeness (QED) is 0.339. The third kappa shape index (κ3) is 5.63. The maximum atomic E-state index is 9.92. The van der Waals surface area contributed by atoms with Gasteiger partial charge in [0, 0.05) is 6.54 Å². The van der Waals surface area contributed by atoms with E-state index in [1.807, 2.05) is 6.07 Å². The fourth-order valence-electron chi connectivity index (χ4n) is 8.45. The zero-order valence-electron chi connectivity index (χ0n) is 26.6. The molecule has 0 amide bonds. The van der Waals surface area contributed by atoms with E-state index in [1.54, 1.807) is 0 Å². The van der Waals surface area contributed by atoms with Gasteiger partial charge in [0.25, 0.3) is 0 Å². The largest absolute Gasteiger partial charge is 0.492 e. The van der Waals surface area contributed by atoms with Crippen molar-refractivity contribution in [1.82, 2.24) is 0 Å². The van der Waals surface area contributed by atoms with Gasteiger partial charge < -0.3 is 34.8 Å². The number of hydrogen-bond acceptors (Lipinski definition) is 7. The fourth-order valence-corrected chi connectivity index (χ4v) is 8.45. The van der Waals surface area contributed by atoms with Gasteiger partial charge in [0.15, 0.2) is 0 Å². The van der Waals surface area contributed by atoms with Crippen LogP contribution in [-0.4, -0.2) is 43.0 Å². The minimum Gasteiger partial charge on any atom is -0.423 e. The number of aryl methyl sites for hydroxylation is 4. The van der Waals surface area contributed by atoms with E-state index in [1.165, 1.54) is 75.8 Å². The Labute approximate surface area is 267 Å². The van der Waals surface area contributed by atoms with Crippen LogP contribution in [0.15, 0.2) is 36.4 Å². The van der Waals surface area contributed by atoms with E-state index in [4.69, 9.17) is 19.7 Å². The molecule has 0 bridgehead atoms. The molecule has 3 atom stereocenters. The number of fused-ring (bicyclic) bond motifs is 8. The first kappa shape index (κ1) is 31.2. The lowest BCUT2D eigenvalue weighted by Crippen LogP contribution is -2.31. The van der Waals surface area contributed by atoms with Gasteiger partial charge in [-0.2, -0.15) is 0 Å². The van der Waals surface area contributed by atoms with E-state index in [0.717, 1.165) is 61.3 Å². The predicted octanol–water partition coefficient (Wildman–Crippen LogP) is 2.58. The molecule has 45 heavy (non-hydrogen) atoms. The highest BCUT2D eigenvalue weighted by Crippen LogP contribution is 2.34. The van der Waals surface area contributed by atoms with Crippen LogP contribution in [-0.2, 0) is 52.5 Å². The normalized spacial score (nSPS) is 23.1. The number of benzene rings is 3. The summed E-state index contributed by atoms with van der Waals surface area (Å²) in [6, 6.07) is 12.9. The Bertz CT molecular complexity index is 1580. The lowest BCUT2D eigenvalue weighted by Gasteiger charge is -2.13. The summed E-state index contributed by atoms with van der Waals surface area (Å²) in [5, 5.41) is 29.5. The Morgan fingerprint density at radius 3 is 1.91 bits per heavy atom. The van der Waals surface area contributed by atoms with Crippen molar-refractivity contribution in [3.8, 4) is 0 Å². The Kier molecular flexibility index (Phi) is 9.01. The Hall–Kier alpha value is -2.43. The molecule has 9 rings (SSSR count). The monoisotopic (exact) mass is 607 g/mol. The third-order valence-corrected chi connectivity index (χ3v) is 10.6. The highest BCUT2D eigenvalue weighted by Gasteiger charge is 2.39. The van der Waals surface area contributed by atoms with Crippen LogP contribution in [0.2, 0.25) is 0 Å². The molecule has 234 valence electrons. The fraction of sp³-hybridized carbons (Fsp3) is 0.486. The minimum absolute atomic E-state index is 0.0981. The molecular weight excluding hydrogens is 563 g/mol. The summed E-state index contributed by atoms with van der Waals surface area (Å²) < 4.78 is 16.5. The van der Waals surface area contributed by atoms with Crippen molar-refractivity contribution in [2.75, 3.05) is 6.54 Å². The number of hydrogen-bond donors (Lipinski definition) is 4. The van der Waals surface area contributed by atoms with Crippen molar-refractivity contribution in [1.29, 1.82) is 0 Å². The average Bonchev–Trinajstić information content (AvgIpc) is 3.90. The Morgan fingerprint density at radius 2 is 1.18 bits per heavy atom. The summed E-state index contributed by atoms with van der Waals surface area (Å²) in [5.74, 6) is 0. The predicted molar refractivity (Wildman–Crippen MR) is 179 cm³/mol. The minimum atomic E-state index is -0.778. The second-order valence-corrected chi connectivity index (χ2v) is 13.2. The summed E-state index contributed by atoms with van der Waals surface area (Å²) in [6.45, 7) is 4.64. The van der Waals surface area contributed by atoms with Crippen LogP contribution in [0, 0.1) is 0 Å². The molecule has 6 aliphatic rings. The van der Waals surface area contributed by atoms with Crippen LogP contribution in [0.5, 0.6) is 0 Å². The van der Waals surface area contributed by atoms with Crippen molar-refractivity contribution < 1.29 is 29.0 Å². The molecule has 0 aromatic heterocycles. The highest BCUT2D eigenvalue weighted by atomic mass is 16.5. The molecular formula is C35H44B3NO6. The lowest BCUT2D eigenvalue weighted by atomic mass is 9.75. The van der Waals surface area contributed by atoms with Crippen molar-refractivity contribution in [3.63, 3.8) is 0 Å².